The number of hydrogen-bond donors (Lipinski definition) is 2. The van der Waals surface area contributed by atoms with Crippen LogP contribution >= 0.6 is 0 Å². The molecule has 0 bridgehead atoms. The molecule has 0 aliphatic rings. The molecule has 2 aromatic rings. The van der Waals surface area contributed by atoms with Gasteiger partial charge in [0.25, 0.3) is 5.91 Å². The van der Waals surface area contributed by atoms with Gasteiger partial charge in [-0.15, -0.1) is 0 Å². The Morgan fingerprint density at radius 1 is 1.30 bits per heavy atom. The largest absolute Gasteiger partial charge is 0.416 e. The number of hydrogen-bond acceptors (Lipinski definition) is 3. The first kappa shape index (κ1) is 14.0. The monoisotopic (exact) mass is 284 g/mol. The molecule has 0 radical (unpaired) electrons. The van der Waals surface area contributed by atoms with Gasteiger partial charge in [0.1, 0.15) is 5.82 Å². The molecule has 106 valence electrons. The zero-order chi connectivity index (χ0) is 14.8. The van der Waals surface area contributed by atoms with Crippen molar-refractivity contribution in [1.29, 1.82) is 0 Å². The highest BCUT2D eigenvalue weighted by Crippen LogP contribution is 2.29. The molecular formula is C12H11F3N4O. The van der Waals surface area contributed by atoms with Gasteiger partial charge < -0.3 is 5.32 Å². The van der Waals surface area contributed by atoms with Crippen molar-refractivity contribution in [2.24, 2.45) is 0 Å². The van der Waals surface area contributed by atoms with Crippen molar-refractivity contribution in [1.82, 2.24) is 20.5 Å². The van der Waals surface area contributed by atoms with E-state index in [4.69, 9.17) is 0 Å². The topological polar surface area (TPSA) is 70.7 Å². The molecule has 0 saturated carbocycles. The highest BCUT2D eigenvalue weighted by atomic mass is 19.4. The molecule has 0 spiro atoms. The SMILES string of the molecule is Cc1nc(CNC(=O)c2ccc(C(F)(F)F)cc2)n[nH]1. The number of aromatic amines is 1. The Labute approximate surface area is 112 Å². The van der Waals surface area contributed by atoms with E-state index in [2.05, 4.69) is 20.5 Å². The van der Waals surface area contributed by atoms with Gasteiger partial charge in [-0.3, -0.25) is 9.89 Å². The predicted molar refractivity (Wildman–Crippen MR) is 63.7 cm³/mol. The van der Waals surface area contributed by atoms with E-state index in [-0.39, 0.29) is 12.1 Å². The Balaban J connectivity index is 1.99. The number of nitrogens with one attached hydrogen (secondary N) is 2. The molecule has 1 amide bonds. The van der Waals surface area contributed by atoms with Gasteiger partial charge in [0.05, 0.1) is 12.1 Å². The lowest BCUT2D eigenvalue weighted by Gasteiger charge is -2.07. The number of H-pyrrole nitrogens is 1. The van der Waals surface area contributed by atoms with Crippen LogP contribution in [0.2, 0.25) is 0 Å². The minimum Gasteiger partial charge on any atom is -0.345 e. The van der Waals surface area contributed by atoms with Gasteiger partial charge in [0.15, 0.2) is 5.82 Å². The van der Waals surface area contributed by atoms with Gasteiger partial charge in [-0.2, -0.15) is 18.3 Å². The third-order valence-corrected chi connectivity index (χ3v) is 2.52. The Morgan fingerprint density at radius 3 is 2.45 bits per heavy atom. The minimum atomic E-state index is -4.41. The lowest BCUT2D eigenvalue weighted by atomic mass is 10.1. The van der Waals surface area contributed by atoms with E-state index in [1.807, 2.05) is 0 Å². The van der Waals surface area contributed by atoms with E-state index < -0.39 is 17.6 Å². The molecular weight excluding hydrogens is 273 g/mol. The number of aryl methyl sites for hydroxylation is 1. The van der Waals surface area contributed by atoms with E-state index in [0.717, 1.165) is 24.3 Å². The van der Waals surface area contributed by atoms with Crippen LogP contribution in [-0.2, 0) is 12.7 Å². The second-order valence-corrected chi connectivity index (χ2v) is 4.09. The van der Waals surface area contributed by atoms with Crippen LogP contribution in [0.25, 0.3) is 0 Å². The van der Waals surface area contributed by atoms with Gasteiger partial charge in [0.2, 0.25) is 0 Å². The molecule has 0 fully saturated rings. The summed E-state index contributed by atoms with van der Waals surface area (Å²) >= 11 is 0. The lowest BCUT2D eigenvalue weighted by molar-refractivity contribution is -0.137. The third-order valence-electron chi connectivity index (χ3n) is 2.52. The molecule has 0 unspecified atom stereocenters. The van der Waals surface area contributed by atoms with Gasteiger partial charge in [-0.25, -0.2) is 4.98 Å². The fourth-order valence-electron chi connectivity index (χ4n) is 1.54. The predicted octanol–water partition coefficient (Wildman–Crippen LogP) is 2.06. The second kappa shape index (κ2) is 5.32. The van der Waals surface area contributed by atoms with E-state index in [9.17, 15) is 18.0 Å². The molecule has 2 N–H and O–H groups in total. The molecule has 0 aliphatic heterocycles. The molecule has 2 rings (SSSR count). The number of aromatic nitrogens is 3. The summed E-state index contributed by atoms with van der Waals surface area (Å²) < 4.78 is 37.1. The van der Waals surface area contributed by atoms with E-state index in [0.29, 0.717) is 11.6 Å². The van der Waals surface area contributed by atoms with Crippen LogP contribution in [-0.4, -0.2) is 21.1 Å². The summed E-state index contributed by atoms with van der Waals surface area (Å²) in [5, 5.41) is 8.97. The molecule has 8 heteroatoms. The first-order valence-electron chi connectivity index (χ1n) is 5.69. The zero-order valence-electron chi connectivity index (χ0n) is 10.5. The minimum absolute atomic E-state index is 0.101. The van der Waals surface area contributed by atoms with Crippen molar-refractivity contribution < 1.29 is 18.0 Å². The van der Waals surface area contributed by atoms with E-state index in [1.54, 1.807) is 6.92 Å². The number of carbonyl (C=O) groups is 1. The summed E-state index contributed by atoms with van der Waals surface area (Å²) in [6.07, 6.45) is -4.41. The molecule has 20 heavy (non-hydrogen) atoms. The standard InChI is InChI=1S/C12H11F3N4O/c1-7-17-10(19-18-7)6-16-11(20)8-2-4-9(5-3-8)12(13,14)15/h2-5H,6H2,1H3,(H,16,20)(H,17,18,19). The van der Waals surface area contributed by atoms with Crippen LogP contribution in [0.4, 0.5) is 13.2 Å². The van der Waals surface area contributed by atoms with Gasteiger partial charge in [-0.05, 0) is 31.2 Å². The molecule has 1 aromatic carbocycles. The van der Waals surface area contributed by atoms with Gasteiger partial charge in [-0.1, -0.05) is 0 Å². The summed E-state index contributed by atoms with van der Waals surface area (Å²) in [4.78, 5) is 15.7. The quantitative estimate of drug-likeness (QED) is 0.906. The van der Waals surface area contributed by atoms with E-state index in [1.165, 1.54) is 0 Å². The van der Waals surface area contributed by atoms with Crippen LogP contribution < -0.4 is 5.32 Å². The maximum atomic E-state index is 12.4. The number of benzene rings is 1. The number of alkyl halides is 3. The van der Waals surface area contributed by atoms with Crippen LogP contribution in [0.1, 0.15) is 27.6 Å². The summed E-state index contributed by atoms with van der Waals surface area (Å²) in [6, 6.07) is 3.99. The highest BCUT2D eigenvalue weighted by Gasteiger charge is 2.30. The lowest BCUT2D eigenvalue weighted by Crippen LogP contribution is -2.23. The van der Waals surface area contributed by atoms with Gasteiger partial charge >= 0.3 is 6.18 Å². The Morgan fingerprint density at radius 2 is 1.95 bits per heavy atom. The maximum Gasteiger partial charge on any atom is 0.416 e. The fraction of sp³-hybridized carbons (Fsp3) is 0.250. The number of carbonyl (C=O) groups excluding carboxylic acids is 1. The Hall–Kier alpha value is -2.38. The van der Waals surface area contributed by atoms with Crippen molar-refractivity contribution >= 4 is 5.91 Å². The summed E-state index contributed by atoms with van der Waals surface area (Å²) in [5.74, 6) is 0.535. The van der Waals surface area contributed by atoms with Crippen molar-refractivity contribution in [3.8, 4) is 0 Å². The number of amides is 1. The smallest absolute Gasteiger partial charge is 0.345 e. The maximum absolute atomic E-state index is 12.4. The Bertz CT molecular complexity index is 604. The third kappa shape index (κ3) is 3.34. The van der Waals surface area contributed by atoms with Gasteiger partial charge in [0, 0.05) is 5.56 Å². The first-order valence-corrected chi connectivity index (χ1v) is 5.69. The number of rotatable bonds is 3. The summed E-state index contributed by atoms with van der Waals surface area (Å²) in [5.41, 5.74) is -0.649. The van der Waals surface area contributed by atoms with Crippen molar-refractivity contribution in [2.75, 3.05) is 0 Å². The highest BCUT2D eigenvalue weighted by molar-refractivity contribution is 5.94. The van der Waals surface area contributed by atoms with Crippen molar-refractivity contribution in [3.63, 3.8) is 0 Å². The van der Waals surface area contributed by atoms with Crippen molar-refractivity contribution in [3.05, 3.63) is 47.0 Å². The van der Waals surface area contributed by atoms with Crippen molar-refractivity contribution in [2.45, 2.75) is 19.6 Å². The molecule has 0 atom stereocenters. The molecule has 0 aliphatic carbocycles. The molecule has 1 aromatic heterocycles. The molecule has 1 heterocycles. The summed E-state index contributed by atoms with van der Waals surface area (Å²) in [7, 11) is 0. The first-order chi connectivity index (χ1) is 9.36. The van der Waals surface area contributed by atoms with Crippen LogP contribution in [0.5, 0.6) is 0 Å². The number of halogens is 3. The van der Waals surface area contributed by atoms with Crippen LogP contribution in [0.15, 0.2) is 24.3 Å². The zero-order valence-corrected chi connectivity index (χ0v) is 10.5. The van der Waals surface area contributed by atoms with E-state index >= 15 is 0 Å². The average molecular weight is 284 g/mol. The molecule has 0 saturated heterocycles. The second-order valence-electron chi connectivity index (χ2n) is 4.09. The normalized spacial score (nSPS) is 11.4. The fourth-order valence-corrected chi connectivity index (χ4v) is 1.54. The van der Waals surface area contributed by atoms with Crippen LogP contribution in [0.3, 0.4) is 0 Å². The molecule has 5 nitrogen and oxygen atoms in total. The Kier molecular flexibility index (Phi) is 3.73. The van der Waals surface area contributed by atoms with Crippen LogP contribution in [0, 0.1) is 6.92 Å². The summed E-state index contributed by atoms with van der Waals surface area (Å²) in [6.45, 7) is 1.82. The average Bonchev–Trinajstić information content (AvgIpc) is 2.81. The number of nitrogens with zero attached hydrogens (tertiary/aromatic N) is 2.